The Labute approximate surface area is 289 Å². The number of amidine groups is 1. The fourth-order valence-corrected chi connectivity index (χ4v) is 7.57. The molecule has 9 aromatic rings. The van der Waals surface area contributed by atoms with Crippen LogP contribution in [0.4, 0.5) is 0 Å². The lowest BCUT2D eigenvalue weighted by Gasteiger charge is -2.24. The van der Waals surface area contributed by atoms with Gasteiger partial charge < -0.3 is 14.3 Å². The molecule has 3 heterocycles. The molecular formula is C46H31N3O. The summed E-state index contributed by atoms with van der Waals surface area (Å²) in [5.74, 6) is 0.841. The normalized spacial score (nSPS) is 14.6. The second-order valence-electron chi connectivity index (χ2n) is 12.8. The Morgan fingerprint density at radius 1 is 0.540 bits per heavy atom. The van der Waals surface area contributed by atoms with E-state index in [1.54, 1.807) is 0 Å². The quantitative estimate of drug-likeness (QED) is 0.203. The Bertz CT molecular complexity index is 2770. The largest absolute Gasteiger partial charge is 0.456 e. The molecule has 4 nitrogen and oxygen atoms in total. The lowest BCUT2D eigenvalue weighted by Crippen LogP contribution is -2.31. The smallest absolute Gasteiger partial charge is 0.141 e. The minimum Gasteiger partial charge on any atom is -0.456 e. The van der Waals surface area contributed by atoms with E-state index >= 15 is 0 Å². The van der Waals surface area contributed by atoms with Gasteiger partial charge in [-0.3, -0.25) is 0 Å². The predicted molar refractivity (Wildman–Crippen MR) is 207 cm³/mol. The van der Waals surface area contributed by atoms with Crippen LogP contribution in [-0.4, -0.2) is 10.4 Å². The second kappa shape index (κ2) is 11.5. The van der Waals surface area contributed by atoms with Crippen molar-refractivity contribution in [3.63, 3.8) is 0 Å². The van der Waals surface area contributed by atoms with Crippen molar-refractivity contribution in [1.82, 2.24) is 9.88 Å². The van der Waals surface area contributed by atoms with Crippen molar-refractivity contribution in [3.05, 3.63) is 193 Å². The van der Waals surface area contributed by atoms with Gasteiger partial charge in [-0.25, -0.2) is 4.99 Å². The van der Waals surface area contributed by atoms with Crippen molar-refractivity contribution < 1.29 is 4.42 Å². The highest BCUT2D eigenvalue weighted by atomic mass is 16.3. The summed E-state index contributed by atoms with van der Waals surface area (Å²) in [6.07, 6.45) is 2.21. The zero-order valence-electron chi connectivity index (χ0n) is 27.1. The molecule has 0 saturated heterocycles. The fourth-order valence-electron chi connectivity index (χ4n) is 7.57. The number of para-hydroxylation sites is 2. The van der Waals surface area contributed by atoms with E-state index in [1.807, 2.05) is 24.3 Å². The Kier molecular flexibility index (Phi) is 6.53. The zero-order valence-corrected chi connectivity index (χ0v) is 27.1. The fraction of sp³-hybridized carbons (Fsp3) is 0.0217. The van der Waals surface area contributed by atoms with Crippen LogP contribution in [0.1, 0.15) is 22.7 Å². The van der Waals surface area contributed by atoms with Gasteiger partial charge in [0.25, 0.3) is 0 Å². The van der Waals surface area contributed by atoms with E-state index in [1.165, 1.54) is 32.9 Å². The first-order valence-corrected chi connectivity index (χ1v) is 17.0. The Balaban J connectivity index is 1.13. The zero-order chi connectivity index (χ0) is 33.0. The molecule has 2 aromatic heterocycles. The van der Waals surface area contributed by atoms with Crippen molar-refractivity contribution >= 4 is 55.3 Å². The number of aliphatic imine (C=N–C) groups is 1. The first-order chi connectivity index (χ1) is 24.8. The molecule has 236 valence electrons. The van der Waals surface area contributed by atoms with Gasteiger partial charge in [0, 0.05) is 44.4 Å². The number of benzene rings is 7. The Morgan fingerprint density at radius 2 is 1.20 bits per heavy atom. The van der Waals surface area contributed by atoms with E-state index in [9.17, 15) is 0 Å². The van der Waals surface area contributed by atoms with Gasteiger partial charge in [-0.15, -0.1) is 0 Å². The van der Waals surface area contributed by atoms with Gasteiger partial charge in [-0.05, 0) is 47.0 Å². The van der Waals surface area contributed by atoms with Gasteiger partial charge in [-0.1, -0.05) is 140 Å². The highest BCUT2D eigenvalue weighted by Gasteiger charge is 2.24. The number of nitrogens with zero attached hydrogens (tertiary/aromatic N) is 2. The average molecular weight is 642 g/mol. The maximum atomic E-state index is 6.85. The highest BCUT2D eigenvalue weighted by molar-refractivity contribution is 6.16. The summed E-state index contributed by atoms with van der Waals surface area (Å²) in [7, 11) is 0. The average Bonchev–Trinajstić information content (AvgIpc) is 3.74. The SMILES string of the molecule is C1=C(c2ccccc2)N=C(c2ccccc2)NC1c1cccc2c1oc1cc(-n3c4ccccc4c4c(-c5ccccc5)cccc43)ccc12. The number of fused-ring (bicyclic) bond motifs is 6. The summed E-state index contributed by atoms with van der Waals surface area (Å²) in [6.45, 7) is 0. The summed E-state index contributed by atoms with van der Waals surface area (Å²) in [5, 5.41) is 8.40. The molecule has 1 aliphatic heterocycles. The molecule has 7 aromatic carbocycles. The maximum Gasteiger partial charge on any atom is 0.141 e. The van der Waals surface area contributed by atoms with Crippen molar-refractivity contribution in [1.29, 1.82) is 0 Å². The Hall–Kier alpha value is -6.65. The first kappa shape index (κ1) is 28.4. The van der Waals surface area contributed by atoms with Gasteiger partial charge >= 0.3 is 0 Å². The van der Waals surface area contributed by atoms with Gasteiger partial charge in [0.1, 0.15) is 17.0 Å². The minimum absolute atomic E-state index is 0.143. The predicted octanol–water partition coefficient (Wildman–Crippen LogP) is 11.5. The number of hydrogen-bond acceptors (Lipinski definition) is 3. The third-order valence-corrected chi connectivity index (χ3v) is 9.85. The van der Waals surface area contributed by atoms with E-state index in [2.05, 4.69) is 162 Å². The summed E-state index contributed by atoms with van der Waals surface area (Å²) >= 11 is 0. The van der Waals surface area contributed by atoms with Crippen molar-refractivity contribution in [2.24, 2.45) is 4.99 Å². The molecule has 0 bridgehead atoms. The van der Waals surface area contributed by atoms with E-state index in [-0.39, 0.29) is 6.04 Å². The van der Waals surface area contributed by atoms with Crippen LogP contribution in [0.3, 0.4) is 0 Å². The molecule has 1 unspecified atom stereocenters. The van der Waals surface area contributed by atoms with Crippen LogP contribution in [-0.2, 0) is 0 Å². The molecule has 1 atom stereocenters. The van der Waals surface area contributed by atoms with Crippen LogP contribution in [0.5, 0.6) is 0 Å². The van der Waals surface area contributed by atoms with E-state index < -0.39 is 0 Å². The van der Waals surface area contributed by atoms with E-state index in [0.717, 1.165) is 55.8 Å². The van der Waals surface area contributed by atoms with E-state index in [4.69, 9.17) is 9.41 Å². The summed E-state index contributed by atoms with van der Waals surface area (Å²) in [6, 6.07) is 59.6. The van der Waals surface area contributed by atoms with Gasteiger partial charge in [0.15, 0.2) is 0 Å². The molecular weight excluding hydrogens is 611 g/mol. The van der Waals surface area contributed by atoms with Crippen molar-refractivity contribution in [3.8, 4) is 16.8 Å². The molecule has 10 rings (SSSR count). The van der Waals surface area contributed by atoms with Crippen LogP contribution < -0.4 is 5.32 Å². The molecule has 1 aliphatic rings. The van der Waals surface area contributed by atoms with Crippen LogP contribution in [0.25, 0.3) is 66.3 Å². The molecule has 0 amide bonds. The minimum atomic E-state index is -0.143. The van der Waals surface area contributed by atoms with Gasteiger partial charge in [0.05, 0.1) is 22.8 Å². The maximum absolute atomic E-state index is 6.85. The number of hydrogen-bond donors (Lipinski definition) is 1. The molecule has 50 heavy (non-hydrogen) atoms. The standard InChI is InChI=1S/C46H31N3O/c1-4-14-30(15-5-1)34-21-13-25-42-44(34)38-20-10-11-24-41(38)49(42)33-26-27-35-36-22-12-23-37(45(36)50-43(35)28-33)40-29-39(31-16-6-2-7-17-31)47-46(48-40)32-18-8-3-9-19-32/h1-29,40H,(H,47,48). The van der Waals surface area contributed by atoms with Crippen LogP contribution in [0, 0.1) is 0 Å². The molecule has 0 spiro atoms. The number of furan rings is 1. The van der Waals surface area contributed by atoms with Crippen LogP contribution in [0.15, 0.2) is 185 Å². The van der Waals surface area contributed by atoms with Crippen LogP contribution in [0.2, 0.25) is 0 Å². The molecule has 0 saturated carbocycles. The van der Waals surface area contributed by atoms with Crippen LogP contribution >= 0.6 is 0 Å². The molecule has 0 aliphatic carbocycles. The second-order valence-corrected chi connectivity index (χ2v) is 12.8. The lowest BCUT2D eigenvalue weighted by molar-refractivity contribution is 0.652. The monoisotopic (exact) mass is 641 g/mol. The number of rotatable bonds is 5. The lowest BCUT2D eigenvalue weighted by atomic mass is 9.98. The summed E-state index contributed by atoms with van der Waals surface area (Å²) < 4.78 is 9.22. The third kappa shape index (κ3) is 4.57. The number of aromatic nitrogens is 1. The topological polar surface area (TPSA) is 42.5 Å². The molecule has 0 fully saturated rings. The number of nitrogens with one attached hydrogen (secondary N) is 1. The summed E-state index contributed by atoms with van der Waals surface area (Å²) in [5.41, 5.74) is 11.7. The third-order valence-electron chi connectivity index (χ3n) is 9.85. The highest BCUT2D eigenvalue weighted by Crippen LogP contribution is 2.41. The van der Waals surface area contributed by atoms with Gasteiger partial charge in [0.2, 0.25) is 0 Å². The van der Waals surface area contributed by atoms with Gasteiger partial charge in [-0.2, -0.15) is 0 Å². The van der Waals surface area contributed by atoms with Crippen molar-refractivity contribution in [2.75, 3.05) is 0 Å². The first-order valence-electron chi connectivity index (χ1n) is 17.0. The van der Waals surface area contributed by atoms with E-state index in [0.29, 0.717) is 0 Å². The summed E-state index contributed by atoms with van der Waals surface area (Å²) in [4.78, 5) is 5.07. The molecule has 4 heteroatoms. The molecule has 0 radical (unpaired) electrons. The Morgan fingerprint density at radius 3 is 2.00 bits per heavy atom. The van der Waals surface area contributed by atoms with Crippen molar-refractivity contribution in [2.45, 2.75) is 6.04 Å². The molecule has 1 N–H and O–H groups in total.